The molecule has 2 aromatic rings. The summed E-state index contributed by atoms with van der Waals surface area (Å²) in [6, 6.07) is 14.7. The van der Waals surface area contributed by atoms with Gasteiger partial charge in [0, 0.05) is 47.4 Å². The molecule has 0 saturated heterocycles. The topological polar surface area (TPSA) is 116 Å². The van der Waals surface area contributed by atoms with Crippen molar-refractivity contribution in [1.29, 1.82) is 0 Å². The molecule has 8 heteroatoms. The van der Waals surface area contributed by atoms with E-state index in [1.54, 1.807) is 48.5 Å². The van der Waals surface area contributed by atoms with Gasteiger partial charge < -0.3 is 21.3 Å². The molecule has 0 atom stereocenters. The highest BCUT2D eigenvalue weighted by Gasteiger charge is 2.18. The Kier molecular flexibility index (Phi) is 13.1. The summed E-state index contributed by atoms with van der Waals surface area (Å²) < 4.78 is 0. The number of carbonyl (C=O) groups is 4. The van der Waals surface area contributed by atoms with E-state index in [2.05, 4.69) is 21.3 Å². The molecule has 0 aliphatic heterocycles. The van der Waals surface area contributed by atoms with Crippen LogP contribution in [0.25, 0.3) is 0 Å². The van der Waals surface area contributed by atoms with E-state index in [4.69, 9.17) is 0 Å². The Bertz CT molecular complexity index is 1090. The third-order valence-corrected chi connectivity index (χ3v) is 8.55. The number of hydrogen-bond acceptors (Lipinski definition) is 4. The Hall–Kier alpha value is -3.68. The van der Waals surface area contributed by atoms with Gasteiger partial charge in [-0.15, -0.1) is 0 Å². The number of unbranched alkanes of at least 4 members (excludes halogenated alkanes) is 4. The number of benzene rings is 2. The second kappa shape index (κ2) is 17.4. The van der Waals surface area contributed by atoms with Gasteiger partial charge in [-0.3, -0.25) is 19.2 Å². The van der Waals surface area contributed by atoms with Crippen molar-refractivity contribution in [2.24, 2.45) is 0 Å². The van der Waals surface area contributed by atoms with E-state index >= 15 is 0 Å². The van der Waals surface area contributed by atoms with Gasteiger partial charge in [0.15, 0.2) is 0 Å². The maximum Gasteiger partial charge on any atom is 0.251 e. The van der Waals surface area contributed by atoms with Gasteiger partial charge in [-0.25, -0.2) is 0 Å². The van der Waals surface area contributed by atoms with Gasteiger partial charge in [-0.05, 0) is 87.1 Å². The molecule has 0 bridgehead atoms. The Morgan fingerprint density at radius 1 is 0.488 bits per heavy atom. The molecule has 232 valence electrons. The predicted octanol–water partition coefficient (Wildman–Crippen LogP) is 7.12. The quantitative estimate of drug-likeness (QED) is 0.176. The van der Waals surface area contributed by atoms with Crippen LogP contribution < -0.4 is 21.3 Å². The zero-order valence-corrected chi connectivity index (χ0v) is 25.4. The SMILES string of the molecule is O=C(CCCCCCCC(=O)Nc1ccc(C(=O)NC2CCCCC2)cc1)Nc1ccc(C(=O)NC2CCCCC2)cc1. The molecule has 2 aliphatic rings. The third kappa shape index (κ3) is 11.5. The molecule has 43 heavy (non-hydrogen) atoms. The van der Waals surface area contributed by atoms with Crippen molar-refractivity contribution >= 4 is 35.0 Å². The second-order valence-electron chi connectivity index (χ2n) is 12.1. The molecule has 2 aliphatic carbocycles. The van der Waals surface area contributed by atoms with Crippen molar-refractivity contribution in [1.82, 2.24) is 10.6 Å². The first-order valence-electron chi connectivity index (χ1n) is 16.4. The summed E-state index contributed by atoms with van der Waals surface area (Å²) in [6.07, 6.45) is 16.7. The van der Waals surface area contributed by atoms with E-state index in [0.717, 1.165) is 57.8 Å². The average molecular weight is 589 g/mol. The molecule has 2 saturated carbocycles. The first kappa shape index (κ1) is 32.2. The lowest BCUT2D eigenvalue weighted by Crippen LogP contribution is -2.36. The minimum atomic E-state index is -0.0494. The van der Waals surface area contributed by atoms with Crippen LogP contribution in [0.1, 0.15) is 130 Å². The molecule has 2 aromatic carbocycles. The number of amides is 4. The van der Waals surface area contributed by atoms with Crippen LogP contribution in [-0.4, -0.2) is 35.7 Å². The van der Waals surface area contributed by atoms with E-state index in [9.17, 15) is 19.2 Å². The van der Waals surface area contributed by atoms with Gasteiger partial charge in [0.25, 0.3) is 11.8 Å². The van der Waals surface area contributed by atoms with Crippen molar-refractivity contribution in [3.63, 3.8) is 0 Å². The predicted molar refractivity (Wildman–Crippen MR) is 171 cm³/mol. The van der Waals surface area contributed by atoms with Crippen molar-refractivity contribution < 1.29 is 19.2 Å². The molecule has 0 spiro atoms. The van der Waals surface area contributed by atoms with Gasteiger partial charge in [0.2, 0.25) is 11.8 Å². The lowest BCUT2D eigenvalue weighted by molar-refractivity contribution is -0.117. The summed E-state index contributed by atoms with van der Waals surface area (Å²) in [5.41, 5.74) is 2.62. The molecule has 4 amide bonds. The lowest BCUT2D eigenvalue weighted by atomic mass is 9.95. The fourth-order valence-corrected chi connectivity index (χ4v) is 5.99. The highest BCUT2D eigenvalue weighted by molar-refractivity contribution is 5.96. The fraction of sp³-hybridized carbons (Fsp3) is 0.543. The van der Waals surface area contributed by atoms with Crippen LogP contribution in [0.15, 0.2) is 48.5 Å². The van der Waals surface area contributed by atoms with Crippen LogP contribution in [0, 0.1) is 0 Å². The van der Waals surface area contributed by atoms with Gasteiger partial charge >= 0.3 is 0 Å². The summed E-state index contributed by atoms with van der Waals surface area (Å²) in [6.45, 7) is 0. The lowest BCUT2D eigenvalue weighted by Gasteiger charge is -2.22. The standard InChI is InChI=1S/C35H48N4O4/c40-32(36-30-22-18-26(19-23-30)34(42)38-28-12-6-4-7-13-28)16-10-2-1-3-11-17-33(41)37-31-24-20-27(21-25-31)35(43)39-29-14-8-5-9-15-29/h18-25,28-29H,1-17H2,(H,36,40)(H,37,41)(H,38,42)(H,39,43). The molecule has 0 radical (unpaired) electrons. The maximum absolute atomic E-state index is 12.5. The minimum Gasteiger partial charge on any atom is -0.349 e. The van der Waals surface area contributed by atoms with Crippen LogP contribution in [-0.2, 0) is 9.59 Å². The van der Waals surface area contributed by atoms with E-state index in [-0.39, 0.29) is 35.7 Å². The summed E-state index contributed by atoms with van der Waals surface area (Å²) in [4.78, 5) is 49.6. The molecule has 8 nitrogen and oxygen atoms in total. The van der Waals surface area contributed by atoms with Crippen molar-refractivity contribution in [3.8, 4) is 0 Å². The van der Waals surface area contributed by atoms with E-state index in [1.807, 2.05) is 0 Å². The van der Waals surface area contributed by atoms with Gasteiger partial charge in [-0.2, -0.15) is 0 Å². The second-order valence-corrected chi connectivity index (χ2v) is 12.1. The van der Waals surface area contributed by atoms with Crippen molar-refractivity contribution in [3.05, 3.63) is 59.7 Å². The first-order chi connectivity index (χ1) is 21.0. The Labute approximate surface area is 256 Å². The number of rotatable bonds is 14. The van der Waals surface area contributed by atoms with E-state index in [0.29, 0.717) is 35.3 Å². The summed E-state index contributed by atoms with van der Waals surface area (Å²) in [5.74, 6) is -0.161. The summed E-state index contributed by atoms with van der Waals surface area (Å²) in [7, 11) is 0. The van der Waals surface area contributed by atoms with Gasteiger partial charge in [0.1, 0.15) is 0 Å². The normalized spacial score (nSPS) is 15.8. The van der Waals surface area contributed by atoms with E-state index < -0.39 is 0 Å². The Balaban J connectivity index is 1.03. The molecule has 2 fully saturated rings. The van der Waals surface area contributed by atoms with Crippen LogP contribution in [0.3, 0.4) is 0 Å². The first-order valence-corrected chi connectivity index (χ1v) is 16.4. The minimum absolute atomic E-state index is 0.0312. The van der Waals surface area contributed by atoms with Gasteiger partial charge in [-0.1, -0.05) is 57.8 Å². The number of nitrogens with one attached hydrogen (secondary N) is 4. The molecular weight excluding hydrogens is 540 g/mol. The highest BCUT2D eigenvalue weighted by Crippen LogP contribution is 2.20. The average Bonchev–Trinajstić information content (AvgIpc) is 3.02. The van der Waals surface area contributed by atoms with Crippen LogP contribution in [0.2, 0.25) is 0 Å². The number of hydrogen-bond donors (Lipinski definition) is 4. The molecule has 4 N–H and O–H groups in total. The Morgan fingerprint density at radius 3 is 1.21 bits per heavy atom. The smallest absolute Gasteiger partial charge is 0.251 e. The maximum atomic E-state index is 12.5. The molecule has 0 unspecified atom stereocenters. The molecular formula is C35H48N4O4. The zero-order valence-electron chi connectivity index (χ0n) is 25.4. The van der Waals surface area contributed by atoms with E-state index in [1.165, 1.54) is 38.5 Å². The largest absolute Gasteiger partial charge is 0.349 e. The Morgan fingerprint density at radius 2 is 0.837 bits per heavy atom. The van der Waals surface area contributed by atoms with Crippen LogP contribution >= 0.6 is 0 Å². The summed E-state index contributed by atoms with van der Waals surface area (Å²) in [5, 5.41) is 12.1. The monoisotopic (exact) mass is 588 g/mol. The van der Waals surface area contributed by atoms with Gasteiger partial charge in [0.05, 0.1) is 0 Å². The number of anilines is 2. The number of carbonyl (C=O) groups excluding carboxylic acids is 4. The van der Waals surface area contributed by atoms with Crippen LogP contribution in [0.4, 0.5) is 11.4 Å². The highest BCUT2D eigenvalue weighted by atomic mass is 16.2. The fourth-order valence-electron chi connectivity index (χ4n) is 5.99. The molecule has 4 rings (SSSR count). The van der Waals surface area contributed by atoms with Crippen molar-refractivity contribution in [2.75, 3.05) is 10.6 Å². The van der Waals surface area contributed by atoms with Crippen molar-refractivity contribution in [2.45, 2.75) is 121 Å². The molecule has 0 heterocycles. The zero-order chi connectivity index (χ0) is 30.3. The van der Waals surface area contributed by atoms with Crippen LogP contribution in [0.5, 0.6) is 0 Å². The molecule has 0 aromatic heterocycles. The third-order valence-electron chi connectivity index (χ3n) is 8.55. The summed E-state index contributed by atoms with van der Waals surface area (Å²) >= 11 is 0.